The smallest absolute Gasteiger partial charge is 0.159 e. The number of aliphatic imine (C=N–C) groups is 1. The largest absolute Gasteiger partial charge is 0.310 e. The molecule has 30 heavy (non-hydrogen) atoms. The molecule has 166 valence electrons. The average Bonchev–Trinajstić information content (AvgIpc) is 2.91. The van der Waals surface area contributed by atoms with Gasteiger partial charge in [-0.3, -0.25) is 5.21 Å². The maximum atomic E-state index is 10.9. The third-order valence-corrected chi connectivity index (χ3v) is 5.74. The van der Waals surface area contributed by atoms with Crippen LogP contribution in [0.3, 0.4) is 0 Å². The fraction of sp³-hybridized carbons (Fsp3) is 0.636. The van der Waals surface area contributed by atoms with Crippen molar-refractivity contribution in [1.82, 2.24) is 15.0 Å². The van der Waals surface area contributed by atoms with E-state index in [-0.39, 0.29) is 6.17 Å². The number of aldehydes is 1. The molecule has 1 fully saturated rings. The standard InChI is InChI=1S/C20H30N6O2.C2H6/c1-14(12-22-25(2)28)17-13-23-26-19(21)9-8-18(24-20(17)26)16-5-3-4-15(6-7-16)10-11-27;1-2/h11-13,15-16,19,28H,1,3-10,21H2,2H3;1-2H3/b22-12-;/t15-,16-,19?;/m1./s1. The Hall–Kier alpha value is -2.32. The number of carbonyl (C=O) groups excluding carboxylic acids is 1. The summed E-state index contributed by atoms with van der Waals surface area (Å²) < 4.78 is 1.76. The van der Waals surface area contributed by atoms with Crippen LogP contribution in [0.4, 0.5) is 5.82 Å². The lowest BCUT2D eigenvalue weighted by Gasteiger charge is -2.17. The van der Waals surface area contributed by atoms with Crippen molar-refractivity contribution in [2.24, 2.45) is 27.7 Å². The number of nitrogens with zero attached hydrogens (tertiary/aromatic N) is 5. The molecule has 0 radical (unpaired) electrons. The summed E-state index contributed by atoms with van der Waals surface area (Å²) in [6, 6.07) is 0. The van der Waals surface area contributed by atoms with Gasteiger partial charge in [0.25, 0.3) is 0 Å². The zero-order valence-corrected chi connectivity index (χ0v) is 18.5. The minimum Gasteiger partial charge on any atom is -0.310 e. The Morgan fingerprint density at radius 2 is 2.13 bits per heavy atom. The van der Waals surface area contributed by atoms with Crippen LogP contribution in [0.1, 0.15) is 76.9 Å². The maximum Gasteiger partial charge on any atom is 0.159 e. The molecular formula is C22H36N6O2. The Labute approximate surface area is 179 Å². The number of carbonyl (C=O) groups is 1. The Morgan fingerprint density at radius 3 is 2.83 bits per heavy atom. The van der Waals surface area contributed by atoms with Crippen molar-refractivity contribution < 1.29 is 10.0 Å². The van der Waals surface area contributed by atoms with Crippen LogP contribution in [-0.2, 0) is 4.79 Å². The summed E-state index contributed by atoms with van der Waals surface area (Å²) in [5.41, 5.74) is 8.90. The Morgan fingerprint density at radius 1 is 1.37 bits per heavy atom. The van der Waals surface area contributed by atoms with Crippen LogP contribution in [0.5, 0.6) is 0 Å². The summed E-state index contributed by atoms with van der Waals surface area (Å²) in [7, 11) is 1.43. The van der Waals surface area contributed by atoms with Gasteiger partial charge in [-0.05, 0) is 43.9 Å². The summed E-state index contributed by atoms with van der Waals surface area (Å²) in [6.07, 6.45) is 11.8. The molecule has 3 N–H and O–H groups in total. The van der Waals surface area contributed by atoms with Gasteiger partial charge in [0.2, 0.25) is 0 Å². The van der Waals surface area contributed by atoms with E-state index < -0.39 is 0 Å². The first-order valence-corrected chi connectivity index (χ1v) is 11.0. The molecule has 0 amide bonds. The highest BCUT2D eigenvalue weighted by Gasteiger charge is 2.27. The number of hydrogen-bond acceptors (Lipinski definition) is 7. The number of allylic oxidation sites excluding steroid dienone is 1. The molecule has 0 saturated heterocycles. The van der Waals surface area contributed by atoms with Crippen molar-refractivity contribution in [3.05, 3.63) is 18.3 Å². The van der Waals surface area contributed by atoms with E-state index in [0.29, 0.717) is 29.6 Å². The molecule has 1 saturated carbocycles. The summed E-state index contributed by atoms with van der Waals surface area (Å²) in [6.45, 7) is 8.03. The number of hydrogen-bond donors (Lipinski definition) is 2. The maximum absolute atomic E-state index is 10.9. The normalized spacial score (nSPS) is 24.0. The Balaban J connectivity index is 0.00000155. The van der Waals surface area contributed by atoms with E-state index in [1.165, 1.54) is 19.0 Å². The predicted molar refractivity (Wildman–Crippen MR) is 121 cm³/mol. The van der Waals surface area contributed by atoms with Gasteiger partial charge in [0.15, 0.2) is 5.82 Å². The van der Waals surface area contributed by atoms with Gasteiger partial charge in [0, 0.05) is 23.3 Å². The molecule has 3 rings (SSSR count). The van der Waals surface area contributed by atoms with E-state index in [1.54, 1.807) is 10.9 Å². The summed E-state index contributed by atoms with van der Waals surface area (Å²) in [4.78, 5) is 15.9. The van der Waals surface area contributed by atoms with Crippen molar-refractivity contribution in [2.45, 2.75) is 71.4 Å². The van der Waals surface area contributed by atoms with Crippen molar-refractivity contribution in [2.75, 3.05) is 7.05 Å². The second kappa shape index (κ2) is 11.8. The van der Waals surface area contributed by atoms with Crippen LogP contribution in [0.2, 0.25) is 0 Å². The highest BCUT2D eigenvalue weighted by Crippen LogP contribution is 2.36. The number of rotatable bonds is 6. The molecule has 0 spiro atoms. The summed E-state index contributed by atoms with van der Waals surface area (Å²) in [5, 5.41) is 18.2. The third kappa shape index (κ3) is 6.09. The molecular weight excluding hydrogens is 380 g/mol. The minimum absolute atomic E-state index is 0.233. The molecule has 1 aliphatic heterocycles. The molecule has 8 nitrogen and oxygen atoms in total. The zero-order valence-electron chi connectivity index (χ0n) is 18.5. The molecule has 1 aromatic rings. The van der Waals surface area contributed by atoms with Gasteiger partial charge in [-0.15, -0.1) is 0 Å². The number of aromatic nitrogens is 2. The van der Waals surface area contributed by atoms with Gasteiger partial charge in [-0.2, -0.15) is 15.4 Å². The lowest BCUT2D eigenvalue weighted by Crippen LogP contribution is -2.19. The molecule has 1 aliphatic carbocycles. The highest BCUT2D eigenvalue weighted by molar-refractivity contribution is 6.10. The second-order valence-corrected chi connectivity index (χ2v) is 7.77. The predicted octanol–water partition coefficient (Wildman–Crippen LogP) is 4.34. The van der Waals surface area contributed by atoms with E-state index >= 15 is 0 Å². The number of hydrazone groups is 1. The van der Waals surface area contributed by atoms with Crippen LogP contribution in [-0.4, -0.2) is 45.4 Å². The highest BCUT2D eigenvalue weighted by atomic mass is 16.5. The first kappa shape index (κ1) is 24.0. The Kier molecular flexibility index (Phi) is 9.39. The second-order valence-electron chi connectivity index (χ2n) is 7.77. The van der Waals surface area contributed by atoms with Gasteiger partial charge >= 0.3 is 0 Å². The fourth-order valence-corrected chi connectivity index (χ4v) is 4.15. The average molecular weight is 417 g/mol. The number of hydroxylamine groups is 1. The molecule has 0 bridgehead atoms. The van der Waals surface area contributed by atoms with Crippen LogP contribution in [0, 0.1) is 11.8 Å². The van der Waals surface area contributed by atoms with Crippen LogP contribution < -0.4 is 5.73 Å². The van der Waals surface area contributed by atoms with Gasteiger partial charge in [0.1, 0.15) is 12.5 Å². The topological polar surface area (TPSA) is 109 Å². The van der Waals surface area contributed by atoms with Crippen molar-refractivity contribution in [1.29, 1.82) is 0 Å². The van der Waals surface area contributed by atoms with E-state index in [1.807, 2.05) is 13.8 Å². The minimum atomic E-state index is -0.233. The van der Waals surface area contributed by atoms with Gasteiger partial charge in [0.05, 0.1) is 19.5 Å². The molecule has 1 aromatic heterocycles. The van der Waals surface area contributed by atoms with Gasteiger partial charge < -0.3 is 10.5 Å². The van der Waals surface area contributed by atoms with Gasteiger partial charge in [-0.1, -0.05) is 33.3 Å². The SMILES string of the molecule is C=C(/C=N\N(C)O)c1cnn2c1N=C([C@@H]1CCC[C@@H](CC=O)CC1)CCC2N.CC. The molecule has 3 atom stereocenters. The summed E-state index contributed by atoms with van der Waals surface area (Å²) >= 11 is 0. The van der Waals surface area contributed by atoms with Crippen molar-refractivity contribution in [3.8, 4) is 0 Å². The third-order valence-electron chi connectivity index (χ3n) is 5.74. The van der Waals surface area contributed by atoms with E-state index in [0.717, 1.165) is 62.0 Å². The number of nitrogens with two attached hydrogens (primary N) is 1. The molecule has 8 heteroatoms. The van der Waals surface area contributed by atoms with Crippen LogP contribution in [0.25, 0.3) is 5.57 Å². The lowest BCUT2D eigenvalue weighted by atomic mass is 9.90. The van der Waals surface area contributed by atoms with E-state index in [2.05, 4.69) is 16.8 Å². The van der Waals surface area contributed by atoms with E-state index in [4.69, 9.17) is 10.7 Å². The monoisotopic (exact) mass is 416 g/mol. The van der Waals surface area contributed by atoms with Gasteiger partial charge in [-0.25, -0.2) is 9.67 Å². The van der Waals surface area contributed by atoms with Crippen molar-refractivity contribution in [3.63, 3.8) is 0 Å². The first-order valence-electron chi connectivity index (χ1n) is 11.0. The quantitative estimate of drug-likeness (QED) is 0.310. The molecule has 2 heterocycles. The van der Waals surface area contributed by atoms with Crippen molar-refractivity contribution >= 4 is 29.6 Å². The molecule has 0 aromatic carbocycles. The molecule has 2 aliphatic rings. The zero-order chi connectivity index (χ0) is 22.1. The van der Waals surface area contributed by atoms with Crippen LogP contribution in [0.15, 0.2) is 22.9 Å². The first-order chi connectivity index (χ1) is 14.5. The summed E-state index contributed by atoms with van der Waals surface area (Å²) in [5.74, 6) is 1.64. The lowest BCUT2D eigenvalue weighted by molar-refractivity contribution is -0.108. The number of fused-ring (bicyclic) bond motifs is 1. The Bertz CT molecular complexity index is 768. The molecule has 1 unspecified atom stereocenters. The van der Waals surface area contributed by atoms with Crippen LogP contribution >= 0.6 is 0 Å². The van der Waals surface area contributed by atoms with E-state index in [9.17, 15) is 10.0 Å². The fourth-order valence-electron chi connectivity index (χ4n) is 4.15.